The Morgan fingerprint density at radius 1 is 1.53 bits per heavy atom. The minimum atomic E-state index is 0.639. The van der Waals surface area contributed by atoms with Crippen LogP contribution in [0.25, 0.3) is 10.8 Å². The Morgan fingerprint density at radius 2 is 2.35 bits per heavy atom. The fraction of sp³-hybridized carbons (Fsp3) is 0.462. The molecule has 0 bridgehead atoms. The molecule has 4 heteroatoms. The molecule has 1 saturated carbocycles. The summed E-state index contributed by atoms with van der Waals surface area (Å²) >= 11 is 1.64. The van der Waals surface area contributed by atoms with Gasteiger partial charge >= 0.3 is 0 Å². The molecule has 2 atom stereocenters. The van der Waals surface area contributed by atoms with Gasteiger partial charge in [0.1, 0.15) is 5.76 Å². The first kappa shape index (κ1) is 11.0. The standard InChI is InChI=1S/C13H16N2OS/c1-8-5-10(8)11-3-4-12(16-11)13-15-9(6-14-2)7-17-13/h3-4,7-8,10,14H,5-6H2,1-2H3. The van der Waals surface area contributed by atoms with E-state index in [-0.39, 0.29) is 0 Å². The number of aromatic nitrogens is 1. The second-order valence-corrected chi connectivity index (χ2v) is 5.55. The summed E-state index contributed by atoms with van der Waals surface area (Å²) in [5, 5.41) is 6.16. The van der Waals surface area contributed by atoms with Crippen molar-refractivity contribution in [2.24, 2.45) is 5.92 Å². The topological polar surface area (TPSA) is 38.1 Å². The summed E-state index contributed by atoms with van der Waals surface area (Å²) in [6, 6.07) is 4.14. The van der Waals surface area contributed by atoms with Crippen LogP contribution >= 0.6 is 11.3 Å². The Morgan fingerprint density at radius 3 is 3.06 bits per heavy atom. The van der Waals surface area contributed by atoms with E-state index in [0.717, 1.165) is 34.7 Å². The average molecular weight is 248 g/mol. The molecule has 90 valence electrons. The Bertz CT molecular complexity index is 517. The van der Waals surface area contributed by atoms with Crippen LogP contribution in [-0.2, 0) is 6.54 Å². The van der Waals surface area contributed by atoms with E-state index in [0.29, 0.717) is 5.92 Å². The third kappa shape index (κ3) is 2.15. The second kappa shape index (κ2) is 4.27. The Hall–Kier alpha value is -1.13. The van der Waals surface area contributed by atoms with E-state index in [9.17, 15) is 0 Å². The third-order valence-electron chi connectivity index (χ3n) is 3.22. The molecular formula is C13H16N2OS. The summed E-state index contributed by atoms with van der Waals surface area (Å²) in [5.41, 5.74) is 1.07. The smallest absolute Gasteiger partial charge is 0.162 e. The van der Waals surface area contributed by atoms with Crippen molar-refractivity contribution in [3.05, 3.63) is 29.0 Å². The molecule has 0 spiro atoms. The third-order valence-corrected chi connectivity index (χ3v) is 4.13. The molecule has 0 aliphatic heterocycles. The van der Waals surface area contributed by atoms with Crippen LogP contribution in [0.3, 0.4) is 0 Å². The molecule has 1 aliphatic carbocycles. The van der Waals surface area contributed by atoms with Crippen LogP contribution in [0.15, 0.2) is 21.9 Å². The Balaban J connectivity index is 1.80. The number of rotatable bonds is 4. The molecule has 2 unspecified atom stereocenters. The summed E-state index contributed by atoms with van der Waals surface area (Å²) in [6.07, 6.45) is 1.26. The average Bonchev–Trinajstić information content (AvgIpc) is 2.77. The van der Waals surface area contributed by atoms with E-state index in [1.807, 2.05) is 13.1 Å². The highest BCUT2D eigenvalue weighted by Crippen LogP contribution is 2.48. The van der Waals surface area contributed by atoms with Gasteiger partial charge in [0.25, 0.3) is 0 Å². The monoisotopic (exact) mass is 248 g/mol. The molecule has 1 aliphatic rings. The van der Waals surface area contributed by atoms with Crippen LogP contribution in [0.1, 0.15) is 30.7 Å². The maximum atomic E-state index is 5.88. The summed E-state index contributed by atoms with van der Waals surface area (Å²) in [7, 11) is 1.93. The molecule has 3 nitrogen and oxygen atoms in total. The molecule has 1 fully saturated rings. The first-order valence-electron chi connectivity index (χ1n) is 5.97. The molecule has 2 heterocycles. The van der Waals surface area contributed by atoms with E-state index in [4.69, 9.17) is 4.42 Å². The predicted octanol–water partition coefficient (Wildman–Crippen LogP) is 3.25. The molecule has 2 aromatic rings. The van der Waals surface area contributed by atoms with Gasteiger partial charge in [-0.2, -0.15) is 0 Å². The molecule has 17 heavy (non-hydrogen) atoms. The highest BCUT2D eigenvalue weighted by molar-refractivity contribution is 7.13. The molecule has 2 aromatic heterocycles. The van der Waals surface area contributed by atoms with Gasteiger partial charge in [-0.1, -0.05) is 6.92 Å². The lowest BCUT2D eigenvalue weighted by atomic mass is 10.3. The SMILES string of the molecule is CNCc1csc(-c2ccc(C3CC3C)o2)n1. The number of nitrogens with one attached hydrogen (secondary N) is 1. The van der Waals surface area contributed by atoms with Crippen LogP contribution in [0.2, 0.25) is 0 Å². The van der Waals surface area contributed by atoms with Gasteiger partial charge in [-0.25, -0.2) is 4.98 Å². The number of nitrogens with zero attached hydrogens (tertiary/aromatic N) is 1. The molecule has 0 aromatic carbocycles. The molecule has 1 N–H and O–H groups in total. The maximum Gasteiger partial charge on any atom is 0.162 e. The molecule has 0 saturated heterocycles. The first-order chi connectivity index (χ1) is 8.28. The van der Waals surface area contributed by atoms with Gasteiger partial charge in [-0.05, 0) is 31.5 Å². The molecule has 0 radical (unpaired) electrons. The van der Waals surface area contributed by atoms with Crippen molar-refractivity contribution < 1.29 is 4.42 Å². The van der Waals surface area contributed by atoms with Crippen LogP contribution in [-0.4, -0.2) is 12.0 Å². The van der Waals surface area contributed by atoms with Crippen molar-refractivity contribution in [3.63, 3.8) is 0 Å². The normalized spacial score (nSPS) is 22.9. The van der Waals surface area contributed by atoms with Crippen LogP contribution in [0.4, 0.5) is 0 Å². The first-order valence-corrected chi connectivity index (χ1v) is 6.85. The molecular weight excluding hydrogens is 232 g/mol. The summed E-state index contributed by atoms with van der Waals surface area (Å²) in [4.78, 5) is 4.54. The highest BCUT2D eigenvalue weighted by atomic mass is 32.1. The fourth-order valence-corrected chi connectivity index (χ4v) is 2.85. The largest absolute Gasteiger partial charge is 0.458 e. The van der Waals surface area contributed by atoms with Crippen LogP contribution < -0.4 is 5.32 Å². The zero-order chi connectivity index (χ0) is 11.8. The van der Waals surface area contributed by atoms with Crippen molar-refractivity contribution in [1.82, 2.24) is 10.3 Å². The van der Waals surface area contributed by atoms with Crippen molar-refractivity contribution in [2.75, 3.05) is 7.05 Å². The highest BCUT2D eigenvalue weighted by Gasteiger charge is 2.36. The van der Waals surface area contributed by atoms with Crippen LogP contribution in [0, 0.1) is 5.92 Å². The van der Waals surface area contributed by atoms with E-state index >= 15 is 0 Å². The van der Waals surface area contributed by atoms with Gasteiger partial charge in [0.2, 0.25) is 0 Å². The lowest BCUT2D eigenvalue weighted by Crippen LogP contribution is -2.04. The number of hydrogen-bond acceptors (Lipinski definition) is 4. The van der Waals surface area contributed by atoms with E-state index in [2.05, 4.69) is 28.7 Å². The van der Waals surface area contributed by atoms with Gasteiger partial charge in [0.15, 0.2) is 10.8 Å². The fourth-order valence-electron chi connectivity index (χ4n) is 2.07. The minimum Gasteiger partial charge on any atom is -0.458 e. The summed E-state index contributed by atoms with van der Waals surface area (Å²) in [5.74, 6) is 3.45. The van der Waals surface area contributed by atoms with Crippen LogP contribution in [0.5, 0.6) is 0 Å². The Kier molecular flexibility index (Phi) is 2.76. The van der Waals surface area contributed by atoms with Crippen molar-refractivity contribution in [3.8, 4) is 10.8 Å². The van der Waals surface area contributed by atoms with Crippen molar-refractivity contribution in [1.29, 1.82) is 0 Å². The van der Waals surface area contributed by atoms with Gasteiger partial charge < -0.3 is 9.73 Å². The Labute approximate surface area is 105 Å². The zero-order valence-electron chi connectivity index (χ0n) is 10.1. The van der Waals surface area contributed by atoms with Gasteiger partial charge in [0, 0.05) is 17.8 Å². The lowest BCUT2D eigenvalue weighted by molar-refractivity contribution is 0.518. The summed E-state index contributed by atoms with van der Waals surface area (Å²) in [6.45, 7) is 3.07. The van der Waals surface area contributed by atoms with E-state index in [1.165, 1.54) is 6.42 Å². The lowest BCUT2D eigenvalue weighted by Gasteiger charge is -1.93. The second-order valence-electron chi connectivity index (χ2n) is 4.70. The quantitative estimate of drug-likeness (QED) is 0.902. The van der Waals surface area contributed by atoms with Gasteiger partial charge in [0.05, 0.1) is 5.69 Å². The molecule has 3 rings (SSSR count). The van der Waals surface area contributed by atoms with E-state index in [1.54, 1.807) is 11.3 Å². The minimum absolute atomic E-state index is 0.639. The predicted molar refractivity (Wildman–Crippen MR) is 69.1 cm³/mol. The van der Waals surface area contributed by atoms with Crippen molar-refractivity contribution in [2.45, 2.75) is 25.8 Å². The van der Waals surface area contributed by atoms with E-state index < -0.39 is 0 Å². The van der Waals surface area contributed by atoms with Crippen molar-refractivity contribution >= 4 is 11.3 Å². The number of hydrogen-bond donors (Lipinski definition) is 1. The summed E-state index contributed by atoms with van der Waals surface area (Å²) < 4.78 is 5.88. The van der Waals surface area contributed by atoms with Gasteiger partial charge in [-0.15, -0.1) is 11.3 Å². The molecule has 0 amide bonds. The van der Waals surface area contributed by atoms with Gasteiger partial charge in [-0.3, -0.25) is 0 Å². The zero-order valence-corrected chi connectivity index (χ0v) is 10.9. The maximum absolute atomic E-state index is 5.88. The number of thiazole rings is 1. The number of furan rings is 1.